The first-order valence-corrected chi connectivity index (χ1v) is 8.05. The van der Waals surface area contributed by atoms with Crippen molar-refractivity contribution in [2.75, 3.05) is 0 Å². The molecule has 0 bridgehead atoms. The van der Waals surface area contributed by atoms with Crippen molar-refractivity contribution in [3.63, 3.8) is 0 Å². The number of aliphatic hydroxyl groups is 1. The van der Waals surface area contributed by atoms with E-state index in [-0.39, 0.29) is 6.61 Å². The van der Waals surface area contributed by atoms with Crippen LogP contribution in [0.3, 0.4) is 0 Å². The van der Waals surface area contributed by atoms with E-state index in [9.17, 15) is 5.11 Å². The number of aromatic nitrogens is 3. The maximum absolute atomic E-state index is 9.52. The zero-order valence-corrected chi connectivity index (χ0v) is 14.2. The standard InChI is InChI=1S/C17H14N4O.C2H4O2/c22-11-16-20-19-15-10-18-17(12-6-2-1-3-7-12)13-8-4-5-9-14(13)21(15)16;1-2(3)4/h1-9,22H,10-11H2;1H3,(H,3,4). The number of aliphatic hydroxyl groups excluding tert-OH is 1. The average molecular weight is 350 g/mol. The lowest BCUT2D eigenvalue weighted by Crippen LogP contribution is -2.09. The highest BCUT2D eigenvalue weighted by molar-refractivity contribution is 6.15. The van der Waals surface area contributed by atoms with Gasteiger partial charge >= 0.3 is 0 Å². The summed E-state index contributed by atoms with van der Waals surface area (Å²) in [5.41, 5.74) is 3.97. The number of hydrogen-bond donors (Lipinski definition) is 2. The number of nitrogens with zero attached hydrogens (tertiary/aromatic N) is 4. The lowest BCUT2D eigenvalue weighted by molar-refractivity contribution is -0.134. The molecule has 4 rings (SSSR count). The van der Waals surface area contributed by atoms with Gasteiger partial charge in [0.05, 0.1) is 11.4 Å². The highest BCUT2D eigenvalue weighted by Gasteiger charge is 2.21. The van der Waals surface area contributed by atoms with Gasteiger partial charge in [-0.15, -0.1) is 10.2 Å². The zero-order valence-electron chi connectivity index (χ0n) is 14.2. The Morgan fingerprint density at radius 2 is 1.73 bits per heavy atom. The van der Waals surface area contributed by atoms with E-state index in [1.807, 2.05) is 47.0 Å². The summed E-state index contributed by atoms with van der Waals surface area (Å²) in [6, 6.07) is 18.1. The summed E-state index contributed by atoms with van der Waals surface area (Å²) in [4.78, 5) is 13.7. The Kier molecular flexibility index (Phi) is 5.19. The predicted octanol–water partition coefficient (Wildman–Crippen LogP) is 2.20. The maximum Gasteiger partial charge on any atom is 0.300 e. The van der Waals surface area contributed by atoms with Crippen molar-refractivity contribution < 1.29 is 15.0 Å². The minimum atomic E-state index is -0.833. The molecule has 0 atom stereocenters. The molecular weight excluding hydrogens is 332 g/mol. The molecule has 7 nitrogen and oxygen atoms in total. The summed E-state index contributed by atoms with van der Waals surface area (Å²) in [5, 5.41) is 25.1. The van der Waals surface area contributed by atoms with Gasteiger partial charge in [0.1, 0.15) is 13.2 Å². The van der Waals surface area contributed by atoms with Crippen LogP contribution >= 0.6 is 0 Å². The molecule has 0 radical (unpaired) electrons. The van der Waals surface area contributed by atoms with E-state index in [2.05, 4.69) is 22.3 Å². The summed E-state index contributed by atoms with van der Waals surface area (Å²) >= 11 is 0. The van der Waals surface area contributed by atoms with E-state index in [0.717, 1.165) is 35.3 Å². The van der Waals surface area contributed by atoms with Crippen molar-refractivity contribution in [3.8, 4) is 5.69 Å². The highest BCUT2D eigenvalue weighted by atomic mass is 16.4. The molecule has 2 N–H and O–H groups in total. The van der Waals surface area contributed by atoms with Gasteiger partial charge in [-0.3, -0.25) is 14.4 Å². The number of aliphatic imine (C=N–C) groups is 1. The molecule has 132 valence electrons. The Balaban J connectivity index is 0.000000447. The Labute approximate surface area is 150 Å². The molecule has 0 aliphatic carbocycles. The number of carbonyl (C=O) groups is 1. The van der Waals surface area contributed by atoms with Crippen LogP contribution < -0.4 is 0 Å². The summed E-state index contributed by atoms with van der Waals surface area (Å²) in [6.07, 6.45) is 0. The number of carboxylic acid groups (broad SMARTS) is 1. The molecule has 1 aliphatic rings. The largest absolute Gasteiger partial charge is 0.481 e. The Hall–Kier alpha value is -3.32. The van der Waals surface area contributed by atoms with Gasteiger partial charge in [0.15, 0.2) is 11.6 Å². The molecule has 2 heterocycles. The first-order chi connectivity index (χ1) is 12.6. The zero-order chi connectivity index (χ0) is 18.5. The summed E-state index contributed by atoms with van der Waals surface area (Å²) in [7, 11) is 0. The molecular formula is C19H18N4O3. The fraction of sp³-hybridized carbons (Fsp3) is 0.158. The fourth-order valence-electron chi connectivity index (χ4n) is 2.78. The van der Waals surface area contributed by atoms with Gasteiger partial charge in [0.25, 0.3) is 5.97 Å². The van der Waals surface area contributed by atoms with Crippen LogP contribution in [-0.2, 0) is 17.9 Å². The van der Waals surface area contributed by atoms with Crippen molar-refractivity contribution in [3.05, 3.63) is 77.4 Å². The lowest BCUT2D eigenvalue weighted by Gasteiger charge is -2.12. The topological polar surface area (TPSA) is 101 Å². The van der Waals surface area contributed by atoms with E-state index in [4.69, 9.17) is 14.9 Å². The molecule has 26 heavy (non-hydrogen) atoms. The van der Waals surface area contributed by atoms with Crippen LogP contribution in [-0.4, -0.2) is 36.7 Å². The van der Waals surface area contributed by atoms with Crippen molar-refractivity contribution in [2.24, 2.45) is 4.99 Å². The van der Waals surface area contributed by atoms with Crippen LogP contribution in [0.25, 0.3) is 5.69 Å². The Morgan fingerprint density at radius 3 is 2.42 bits per heavy atom. The van der Waals surface area contributed by atoms with Crippen molar-refractivity contribution in [1.82, 2.24) is 14.8 Å². The van der Waals surface area contributed by atoms with Gasteiger partial charge in [-0.25, -0.2) is 0 Å². The van der Waals surface area contributed by atoms with E-state index in [1.165, 1.54) is 0 Å². The first-order valence-electron chi connectivity index (χ1n) is 8.05. The van der Waals surface area contributed by atoms with Crippen LogP contribution in [0.5, 0.6) is 0 Å². The van der Waals surface area contributed by atoms with Crippen molar-refractivity contribution in [1.29, 1.82) is 0 Å². The van der Waals surface area contributed by atoms with Gasteiger partial charge in [-0.1, -0.05) is 48.5 Å². The van der Waals surface area contributed by atoms with Gasteiger partial charge < -0.3 is 10.2 Å². The van der Waals surface area contributed by atoms with Crippen molar-refractivity contribution >= 4 is 11.7 Å². The molecule has 3 aromatic rings. The maximum atomic E-state index is 9.52. The van der Waals surface area contributed by atoms with Crippen LogP contribution in [0.1, 0.15) is 29.7 Å². The number of carboxylic acids is 1. The minimum Gasteiger partial charge on any atom is -0.481 e. The molecule has 0 unspecified atom stereocenters. The molecule has 0 saturated carbocycles. The minimum absolute atomic E-state index is 0.151. The smallest absolute Gasteiger partial charge is 0.300 e. The summed E-state index contributed by atoms with van der Waals surface area (Å²) < 4.78 is 1.90. The molecule has 0 saturated heterocycles. The van der Waals surface area contributed by atoms with Gasteiger partial charge in [-0.2, -0.15) is 0 Å². The number of fused-ring (bicyclic) bond motifs is 3. The second-order valence-electron chi connectivity index (χ2n) is 5.59. The molecule has 1 aromatic heterocycles. The quantitative estimate of drug-likeness (QED) is 0.738. The van der Waals surface area contributed by atoms with Crippen LogP contribution in [0, 0.1) is 0 Å². The Bertz CT molecular complexity index is 944. The van der Waals surface area contributed by atoms with Gasteiger partial charge in [0, 0.05) is 18.1 Å². The van der Waals surface area contributed by atoms with Crippen LogP contribution in [0.4, 0.5) is 0 Å². The van der Waals surface area contributed by atoms with Gasteiger partial charge in [-0.05, 0) is 6.07 Å². The molecule has 0 spiro atoms. The fourth-order valence-corrected chi connectivity index (χ4v) is 2.78. The molecule has 0 amide bonds. The monoisotopic (exact) mass is 350 g/mol. The SMILES string of the molecule is CC(=O)O.OCc1nnc2n1-c1ccccc1C(c1ccccc1)=NC2. The summed E-state index contributed by atoms with van der Waals surface area (Å²) in [5.74, 6) is 0.439. The molecule has 7 heteroatoms. The number of rotatable bonds is 2. The van der Waals surface area contributed by atoms with E-state index >= 15 is 0 Å². The second kappa shape index (κ2) is 7.71. The number of aliphatic carboxylic acids is 1. The number of hydrogen-bond acceptors (Lipinski definition) is 5. The molecule has 0 fully saturated rings. The molecule has 1 aliphatic heterocycles. The van der Waals surface area contributed by atoms with Crippen molar-refractivity contribution in [2.45, 2.75) is 20.1 Å². The van der Waals surface area contributed by atoms with Gasteiger partial charge in [0.2, 0.25) is 0 Å². The van der Waals surface area contributed by atoms with Crippen LogP contribution in [0.15, 0.2) is 59.6 Å². The molecule has 2 aromatic carbocycles. The Morgan fingerprint density at radius 1 is 1.08 bits per heavy atom. The normalized spacial score (nSPS) is 12.0. The third kappa shape index (κ3) is 3.52. The van der Waals surface area contributed by atoms with E-state index in [1.54, 1.807) is 0 Å². The highest BCUT2D eigenvalue weighted by Crippen LogP contribution is 2.25. The average Bonchev–Trinajstić information content (AvgIpc) is 2.98. The third-order valence-corrected chi connectivity index (χ3v) is 3.76. The lowest BCUT2D eigenvalue weighted by atomic mass is 10.0. The first kappa shape index (κ1) is 17.5. The van der Waals surface area contributed by atoms with E-state index < -0.39 is 5.97 Å². The number of para-hydroxylation sites is 1. The predicted molar refractivity (Wildman–Crippen MR) is 96.4 cm³/mol. The second-order valence-corrected chi connectivity index (χ2v) is 5.59. The summed E-state index contributed by atoms with van der Waals surface area (Å²) in [6.45, 7) is 1.37. The van der Waals surface area contributed by atoms with E-state index in [0.29, 0.717) is 12.4 Å². The van der Waals surface area contributed by atoms with Crippen LogP contribution in [0.2, 0.25) is 0 Å². The third-order valence-electron chi connectivity index (χ3n) is 3.76. The number of benzene rings is 2.